The predicted octanol–water partition coefficient (Wildman–Crippen LogP) is 3.01. The third-order valence-electron chi connectivity index (χ3n) is 2.25. The van der Waals surface area contributed by atoms with Crippen molar-refractivity contribution in [1.29, 1.82) is 0 Å². The van der Waals surface area contributed by atoms with E-state index in [4.69, 9.17) is 0 Å². The Kier molecular flexibility index (Phi) is 6.62. The van der Waals surface area contributed by atoms with Crippen molar-refractivity contribution in [2.45, 2.75) is 17.7 Å². The Morgan fingerprint density at radius 2 is 2.11 bits per heavy atom. The molecule has 0 aliphatic rings. The summed E-state index contributed by atoms with van der Waals surface area (Å²) in [6.07, 6.45) is 3.69. The summed E-state index contributed by atoms with van der Waals surface area (Å²) in [5.41, 5.74) is 0. The fourth-order valence-corrected chi connectivity index (χ4v) is 3.31. The third kappa shape index (κ3) is 4.87. The van der Waals surface area contributed by atoms with Gasteiger partial charge in [-0.15, -0.1) is 0 Å². The molecule has 0 unspecified atom stereocenters. The molecule has 0 saturated carbocycles. The van der Waals surface area contributed by atoms with Crippen molar-refractivity contribution >= 4 is 37.7 Å². The zero-order valence-corrected chi connectivity index (χ0v) is 13.2. The standard InChI is InChI=1S/C11H15BrFNO2S2/c1-17-7-3-2-6-14-18(15,16)11-5-4-9(12)8-10(11)13/h4-5,8,14H,2-3,6-7H2,1H3. The van der Waals surface area contributed by atoms with Crippen LogP contribution in [0.2, 0.25) is 0 Å². The zero-order valence-electron chi connectivity index (χ0n) is 9.95. The normalized spacial score (nSPS) is 11.7. The number of hydrogen-bond donors (Lipinski definition) is 1. The number of halogens is 2. The van der Waals surface area contributed by atoms with E-state index in [1.165, 1.54) is 12.1 Å². The number of thioether (sulfide) groups is 1. The maximum absolute atomic E-state index is 13.5. The summed E-state index contributed by atoms with van der Waals surface area (Å²) < 4.78 is 40.1. The van der Waals surface area contributed by atoms with Crippen LogP contribution < -0.4 is 4.72 Å². The van der Waals surface area contributed by atoms with Gasteiger partial charge in [-0.1, -0.05) is 15.9 Å². The highest BCUT2D eigenvalue weighted by Gasteiger charge is 2.18. The Morgan fingerprint density at radius 3 is 2.72 bits per heavy atom. The highest BCUT2D eigenvalue weighted by atomic mass is 79.9. The van der Waals surface area contributed by atoms with Gasteiger partial charge in [0.1, 0.15) is 10.7 Å². The van der Waals surface area contributed by atoms with Crippen molar-refractivity contribution in [2.75, 3.05) is 18.6 Å². The molecule has 0 aromatic heterocycles. The van der Waals surface area contributed by atoms with Crippen LogP contribution in [0.4, 0.5) is 4.39 Å². The van der Waals surface area contributed by atoms with Crippen molar-refractivity contribution < 1.29 is 12.8 Å². The first-order valence-corrected chi connectivity index (χ1v) is 9.08. The molecule has 1 aromatic carbocycles. The number of hydrogen-bond acceptors (Lipinski definition) is 3. The van der Waals surface area contributed by atoms with Crippen LogP contribution in [-0.4, -0.2) is 27.0 Å². The van der Waals surface area contributed by atoms with E-state index in [1.807, 2.05) is 6.26 Å². The second-order valence-corrected chi connectivity index (χ2v) is 7.31. The fourth-order valence-electron chi connectivity index (χ4n) is 1.35. The summed E-state index contributed by atoms with van der Waals surface area (Å²) in [6, 6.07) is 3.90. The lowest BCUT2D eigenvalue weighted by Gasteiger charge is -2.07. The van der Waals surface area contributed by atoms with Crippen LogP contribution in [0.25, 0.3) is 0 Å². The average molecular weight is 356 g/mol. The van der Waals surface area contributed by atoms with E-state index >= 15 is 0 Å². The van der Waals surface area contributed by atoms with Gasteiger partial charge in [0.2, 0.25) is 10.0 Å². The molecule has 0 bridgehead atoms. The van der Waals surface area contributed by atoms with E-state index in [9.17, 15) is 12.8 Å². The van der Waals surface area contributed by atoms with Crippen LogP contribution in [0.3, 0.4) is 0 Å². The minimum absolute atomic E-state index is 0.310. The topological polar surface area (TPSA) is 46.2 Å². The second-order valence-electron chi connectivity index (χ2n) is 3.67. The Hall–Kier alpha value is -0.110. The lowest BCUT2D eigenvalue weighted by Crippen LogP contribution is -2.25. The second kappa shape index (κ2) is 7.47. The quantitative estimate of drug-likeness (QED) is 0.764. The molecule has 1 rings (SSSR count). The maximum Gasteiger partial charge on any atom is 0.243 e. The van der Waals surface area contributed by atoms with Gasteiger partial charge in [0, 0.05) is 11.0 Å². The lowest BCUT2D eigenvalue weighted by molar-refractivity contribution is 0.555. The highest BCUT2D eigenvalue weighted by molar-refractivity contribution is 9.10. The van der Waals surface area contributed by atoms with E-state index in [0.717, 1.165) is 24.7 Å². The minimum atomic E-state index is -3.75. The van der Waals surface area contributed by atoms with Crippen molar-refractivity contribution in [3.63, 3.8) is 0 Å². The molecular formula is C11H15BrFNO2S2. The molecule has 3 nitrogen and oxygen atoms in total. The largest absolute Gasteiger partial charge is 0.243 e. The number of nitrogens with one attached hydrogen (secondary N) is 1. The number of rotatable bonds is 7. The third-order valence-corrected chi connectivity index (χ3v) is 4.94. The average Bonchev–Trinajstić information content (AvgIpc) is 2.28. The first-order chi connectivity index (χ1) is 8.47. The molecule has 1 aromatic rings. The van der Waals surface area contributed by atoms with Gasteiger partial charge in [0.25, 0.3) is 0 Å². The SMILES string of the molecule is CSCCCCNS(=O)(=O)c1ccc(Br)cc1F. The fraction of sp³-hybridized carbons (Fsp3) is 0.455. The van der Waals surface area contributed by atoms with E-state index in [1.54, 1.807) is 11.8 Å². The smallest absolute Gasteiger partial charge is 0.211 e. The number of benzene rings is 1. The van der Waals surface area contributed by atoms with Gasteiger partial charge in [-0.3, -0.25) is 0 Å². The van der Waals surface area contributed by atoms with Crippen LogP contribution in [0.1, 0.15) is 12.8 Å². The molecule has 7 heteroatoms. The summed E-state index contributed by atoms with van der Waals surface area (Å²) in [5, 5.41) is 0. The van der Waals surface area contributed by atoms with Crippen molar-refractivity contribution in [2.24, 2.45) is 0 Å². The lowest BCUT2D eigenvalue weighted by atomic mass is 10.3. The Labute approximate surface area is 120 Å². The molecule has 0 saturated heterocycles. The Morgan fingerprint density at radius 1 is 1.39 bits per heavy atom. The molecule has 0 heterocycles. The van der Waals surface area contributed by atoms with E-state index in [2.05, 4.69) is 20.7 Å². The summed E-state index contributed by atoms with van der Waals surface area (Å²) in [4.78, 5) is -0.310. The molecule has 0 radical (unpaired) electrons. The van der Waals surface area contributed by atoms with Crippen LogP contribution >= 0.6 is 27.7 Å². The Balaban J connectivity index is 2.63. The first kappa shape index (κ1) is 15.9. The van der Waals surface area contributed by atoms with E-state index in [0.29, 0.717) is 11.0 Å². The van der Waals surface area contributed by atoms with Crippen LogP contribution in [-0.2, 0) is 10.0 Å². The van der Waals surface area contributed by atoms with Crippen molar-refractivity contribution in [3.05, 3.63) is 28.5 Å². The van der Waals surface area contributed by atoms with Gasteiger partial charge in [-0.05, 0) is 43.0 Å². The number of unbranched alkanes of at least 4 members (excludes halogenated alkanes) is 1. The van der Waals surface area contributed by atoms with Gasteiger partial charge in [-0.2, -0.15) is 11.8 Å². The van der Waals surface area contributed by atoms with Gasteiger partial charge in [0.15, 0.2) is 0 Å². The van der Waals surface area contributed by atoms with Gasteiger partial charge in [0.05, 0.1) is 0 Å². The van der Waals surface area contributed by atoms with Gasteiger partial charge < -0.3 is 0 Å². The predicted molar refractivity (Wildman–Crippen MR) is 76.9 cm³/mol. The Bertz CT molecular complexity index is 494. The molecule has 0 spiro atoms. The van der Waals surface area contributed by atoms with Crippen molar-refractivity contribution in [3.8, 4) is 0 Å². The molecule has 0 aliphatic heterocycles. The summed E-state index contributed by atoms with van der Waals surface area (Å²) in [5.74, 6) is 0.245. The molecule has 0 fully saturated rings. The molecule has 0 aliphatic carbocycles. The van der Waals surface area contributed by atoms with Gasteiger partial charge in [-0.25, -0.2) is 17.5 Å². The number of sulfonamides is 1. The van der Waals surface area contributed by atoms with E-state index in [-0.39, 0.29) is 4.90 Å². The zero-order chi connectivity index (χ0) is 13.6. The van der Waals surface area contributed by atoms with Crippen LogP contribution in [0.15, 0.2) is 27.6 Å². The van der Waals surface area contributed by atoms with E-state index < -0.39 is 15.8 Å². The summed E-state index contributed by atoms with van der Waals surface area (Å²) in [6.45, 7) is 0.332. The molecule has 0 atom stereocenters. The maximum atomic E-state index is 13.5. The molecule has 1 N–H and O–H groups in total. The molecule has 102 valence electrons. The highest BCUT2D eigenvalue weighted by Crippen LogP contribution is 2.19. The molecule has 18 heavy (non-hydrogen) atoms. The first-order valence-electron chi connectivity index (χ1n) is 5.41. The summed E-state index contributed by atoms with van der Waals surface area (Å²) >= 11 is 4.80. The monoisotopic (exact) mass is 355 g/mol. The van der Waals surface area contributed by atoms with Crippen LogP contribution in [0.5, 0.6) is 0 Å². The van der Waals surface area contributed by atoms with Crippen molar-refractivity contribution in [1.82, 2.24) is 4.72 Å². The molecular weight excluding hydrogens is 341 g/mol. The van der Waals surface area contributed by atoms with Gasteiger partial charge >= 0.3 is 0 Å². The van der Waals surface area contributed by atoms with Crippen LogP contribution in [0, 0.1) is 5.82 Å². The minimum Gasteiger partial charge on any atom is -0.211 e. The summed E-state index contributed by atoms with van der Waals surface area (Å²) in [7, 11) is -3.75. The molecule has 0 amide bonds.